The Kier molecular flexibility index (Phi) is 7.78. The second-order valence-corrected chi connectivity index (χ2v) is 6.34. The van der Waals surface area contributed by atoms with Gasteiger partial charge in [0.1, 0.15) is 0 Å². The van der Waals surface area contributed by atoms with E-state index in [1.54, 1.807) is 6.07 Å². The smallest absolute Gasteiger partial charge is 0.387 e. The van der Waals surface area contributed by atoms with Crippen molar-refractivity contribution in [1.82, 2.24) is 5.32 Å². The number of alkyl halides is 4. The molecule has 0 aliphatic carbocycles. The molecule has 9 heteroatoms. The van der Waals surface area contributed by atoms with Crippen molar-refractivity contribution in [2.75, 3.05) is 13.7 Å². The SMILES string of the molecule is COc1ccc(CCNC(=O)c2ccc(SC(F)F)cc2)cc1OC(F)F. The van der Waals surface area contributed by atoms with Gasteiger partial charge in [-0.05, 0) is 48.4 Å². The maximum atomic E-state index is 12.4. The molecule has 2 aromatic carbocycles. The Hall–Kier alpha value is -2.42. The molecule has 2 rings (SSSR count). The number of methoxy groups -OCH3 is 1. The number of ether oxygens (including phenoxy) is 2. The minimum atomic E-state index is -2.97. The first-order chi connectivity index (χ1) is 12.9. The second kappa shape index (κ2) is 10.1. The van der Waals surface area contributed by atoms with E-state index in [9.17, 15) is 22.4 Å². The number of amides is 1. The summed E-state index contributed by atoms with van der Waals surface area (Å²) in [6.45, 7) is -2.72. The molecular weight excluding hydrogens is 386 g/mol. The summed E-state index contributed by atoms with van der Waals surface area (Å²) in [7, 11) is 1.35. The van der Waals surface area contributed by atoms with Gasteiger partial charge in [0.05, 0.1) is 7.11 Å². The number of hydrogen-bond acceptors (Lipinski definition) is 4. The van der Waals surface area contributed by atoms with Gasteiger partial charge in [-0.1, -0.05) is 17.8 Å². The fourth-order valence-electron chi connectivity index (χ4n) is 2.27. The largest absolute Gasteiger partial charge is 0.493 e. The Morgan fingerprint density at radius 2 is 1.78 bits per heavy atom. The van der Waals surface area contributed by atoms with Gasteiger partial charge in [0.15, 0.2) is 11.5 Å². The Labute approximate surface area is 157 Å². The lowest BCUT2D eigenvalue weighted by Gasteiger charge is -2.12. The summed E-state index contributed by atoms with van der Waals surface area (Å²) in [6, 6.07) is 10.4. The number of hydrogen-bond donors (Lipinski definition) is 1. The van der Waals surface area contributed by atoms with Gasteiger partial charge in [-0.2, -0.15) is 17.6 Å². The highest BCUT2D eigenvalue weighted by atomic mass is 32.2. The molecular formula is C18H17F4NO3S. The first-order valence-corrected chi connectivity index (χ1v) is 8.72. The molecule has 0 unspecified atom stereocenters. The standard InChI is InChI=1S/C18H17F4NO3S/c1-25-14-7-2-11(10-15(14)26-17(19)20)8-9-23-16(24)12-3-5-13(6-4-12)27-18(21)22/h2-7,10,17-18H,8-9H2,1H3,(H,23,24). The van der Waals surface area contributed by atoms with E-state index >= 15 is 0 Å². The number of carbonyl (C=O) groups excluding carboxylic acids is 1. The summed E-state index contributed by atoms with van der Waals surface area (Å²) in [5.41, 5.74) is 1.01. The first kappa shape index (κ1) is 20.9. The Bertz CT molecular complexity index is 757. The van der Waals surface area contributed by atoms with E-state index in [1.165, 1.54) is 43.5 Å². The molecule has 0 radical (unpaired) electrons. The number of halogens is 4. The molecule has 4 nitrogen and oxygen atoms in total. The summed E-state index contributed by atoms with van der Waals surface area (Å²) in [5, 5.41) is 2.68. The lowest BCUT2D eigenvalue weighted by molar-refractivity contribution is -0.0512. The Balaban J connectivity index is 1.90. The average Bonchev–Trinajstić information content (AvgIpc) is 2.61. The van der Waals surface area contributed by atoms with E-state index in [4.69, 9.17) is 4.74 Å². The number of rotatable bonds is 9. The molecule has 1 N–H and O–H groups in total. The quantitative estimate of drug-likeness (QED) is 0.492. The van der Waals surface area contributed by atoms with Crippen molar-refractivity contribution in [3.63, 3.8) is 0 Å². The molecule has 0 aliphatic rings. The van der Waals surface area contributed by atoms with Crippen LogP contribution in [0, 0.1) is 0 Å². The molecule has 0 saturated heterocycles. The fourth-order valence-corrected chi connectivity index (χ4v) is 2.77. The summed E-state index contributed by atoms with van der Waals surface area (Å²) in [6.07, 6.45) is 0.384. The topological polar surface area (TPSA) is 47.6 Å². The van der Waals surface area contributed by atoms with Crippen LogP contribution in [0.4, 0.5) is 17.6 Å². The molecule has 0 fully saturated rings. The van der Waals surface area contributed by atoms with Crippen molar-refractivity contribution < 1.29 is 31.8 Å². The zero-order chi connectivity index (χ0) is 19.8. The predicted molar refractivity (Wildman–Crippen MR) is 94.0 cm³/mol. The van der Waals surface area contributed by atoms with Gasteiger partial charge in [-0.3, -0.25) is 4.79 Å². The highest BCUT2D eigenvalue weighted by molar-refractivity contribution is 7.99. The fraction of sp³-hybridized carbons (Fsp3) is 0.278. The molecule has 0 heterocycles. The highest BCUT2D eigenvalue weighted by Crippen LogP contribution is 2.29. The van der Waals surface area contributed by atoms with Crippen molar-refractivity contribution in [1.29, 1.82) is 0 Å². The molecule has 0 bridgehead atoms. The summed E-state index contributed by atoms with van der Waals surface area (Å²) < 4.78 is 58.8. The van der Waals surface area contributed by atoms with Crippen LogP contribution in [-0.4, -0.2) is 31.9 Å². The van der Waals surface area contributed by atoms with E-state index in [-0.39, 0.29) is 24.0 Å². The summed E-state index contributed by atoms with van der Waals surface area (Å²) in [5.74, 6) is -2.78. The molecule has 27 heavy (non-hydrogen) atoms. The van der Waals surface area contributed by atoms with Crippen LogP contribution in [0.1, 0.15) is 15.9 Å². The first-order valence-electron chi connectivity index (χ1n) is 7.84. The van der Waals surface area contributed by atoms with Gasteiger partial charge >= 0.3 is 6.61 Å². The van der Waals surface area contributed by atoms with Crippen molar-refractivity contribution in [3.05, 3.63) is 53.6 Å². The van der Waals surface area contributed by atoms with E-state index in [1.807, 2.05) is 0 Å². The second-order valence-electron chi connectivity index (χ2n) is 5.27. The van der Waals surface area contributed by atoms with Crippen molar-refractivity contribution in [3.8, 4) is 11.5 Å². The van der Waals surface area contributed by atoms with Crippen LogP contribution in [0.25, 0.3) is 0 Å². The van der Waals surface area contributed by atoms with Crippen LogP contribution < -0.4 is 14.8 Å². The third kappa shape index (κ3) is 6.67. The van der Waals surface area contributed by atoms with Crippen LogP contribution in [0.15, 0.2) is 47.4 Å². The van der Waals surface area contributed by atoms with Crippen molar-refractivity contribution in [2.24, 2.45) is 0 Å². The maximum absolute atomic E-state index is 12.4. The third-order valence-electron chi connectivity index (χ3n) is 3.48. The summed E-state index contributed by atoms with van der Waals surface area (Å²) >= 11 is 0.402. The van der Waals surface area contributed by atoms with Crippen LogP contribution in [-0.2, 0) is 6.42 Å². The lowest BCUT2D eigenvalue weighted by Crippen LogP contribution is -2.25. The van der Waals surface area contributed by atoms with Crippen LogP contribution in [0.5, 0.6) is 11.5 Å². The molecule has 146 valence electrons. The highest BCUT2D eigenvalue weighted by Gasteiger charge is 2.12. The molecule has 0 aromatic heterocycles. The van der Waals surface area contributed by atoms with Gasteiger partial charge in [-0.25, -0.2) is 0 Å². The van der Waals surface area contributed by atoms with Crippen molar-refractivity contribution in [2.45, 2.75) is 23.7 Å². The Morgan fingerprint density at radius 3 is 2.37 bits per heavy atom. The molecule has 0 saturated carbocycles. The summed E-state index contributed by atoms with van der Waals surface area (Å²) in [4.78, 5) is 12.4. The van der Waals surface area contributed by atoms with Gasteiger partial charge in [0.2, 0.25) is 0 Å². The zero-order valence-corrected chi connectivity index (χ0v) is 15.1. The average molecular weight is 403 g/mol. The van der Waals surface area contributed by atoms with Crippen molar-refractivity contribution >= 4 is 17.7 Å². The molecule has 0 spiro atoms. The molecule has 0 aliphatic heterocycles. The lowest BCUT2D eigenvalue weighted by atomic mass is 10.1. The van der Waals surface area contributed by atoms with Gasteiger partial charge in [0, 0.05) is 17.0 Å². The van der Waals surface area contributed by atoms with E-state index in [0.717, 1.165) is 0 Å². The predicted octanol–water partition coefficient (Wildman–Crippen LogP) is 4.58. The number of thioether (sulfide) groups is 1. The van der Waals surface area contributed by atoms with Crippen LogP contribution >= 0.6 is 11.8 Å². The normalized spacial score (nSPS) is 10.9. The minimum absolute atomic E-state index is 0.0801. The third-order valence-corrected chi connectivity index (χ3v) is 4.21. The van der Waals surface area contributed by atoms with Crippen LogP contribution in [0.3, 0.4) is 0 Å². The molecule has 1 amide bonds. The number of nitrogens with one attached hydrogen (secondary N) is 1. The van der Waals surface area contributed by atoms with E-state index < -0.39 is 12.4 Å². The van der Waals surface area contributed by atoms with Gasteiger partial charge in [0.25, 0.3) is 11.7 Å². The molecule has 0 atom stereocenters. The zero-order valence-electron chi connectivity index (χ0n) is 14.3. The minimum Gasteiger partial charge on any atom is -0.493 e. The van der Waals surface area contributed by atoms with Gasteiger partial charge < -0.3 is 14.8 Å². The van der Waals surface area contributed by atoms with E-state index in [2.05, 4.69) is 10.1 Å². The van der Waals surface area contributed by atoms with E-state index in [0.29, 0.717) is 34.2 Å². The van der Waals surface area contributed by atoms with Gasteiger partial charge in [-0.15, -0.1) is 0 Å². The monoisotopic (exact) mass is 403 g/mol. The maximum Gasteiger partial charge on any atom is 0.387 e. The number of benzene rings is 2. The number of carbonyl (C=O) groups is 1. The Morgan fingerprint density at radius 1 is 1.07 bits per heavy atom. The molecule has 2 aromatic rings. The van der Waals surface area contributed by atoms with Crippen LogP contribution in [0.2, 0.25) is 0 Å².